The third-order valence-corrected chi connectivity index (χ3v) is 12.3. The summed E-state index contributed by atoms with van der Waals surface area (Å²) in [6, 6.07) is 0. The molecule has 0 fully saturated rings. The number of hydrogen-bond acceptors (Lipinski definition) is 10. The van der Waals surface area contributed by atoms with Crippen molar-refractivity contribution in [3.8, 4) is 0 Å². The van der Waals surface area contributed by atoms with Crippen molar-refractivity contribution in [3.63, 3.8) is 0 Å². The van der Waals surface area contributed by atoms with E-state index in [1.807, 2.05) is 0 Å². The standard InChI is InChI=1S/C58H99O11P/c1-4-7-10-13-16-19-22-25-26-27-28-31-34-37-40-43-46-49-58(62)69-55(51-65-56(60)47-44-41-38-35-32-29-23-20-17-14-11-8-5-2)53-67-70(63,64)66-52-54(50-59)68-57(61)48-45-42-39-36-33-30-24-21-18-15-12-9-6-3/h7-8,10-11,16-17,19-20,25-26,28-29,31-32,54-55,59H,4-6,9,12-15,18,21-24,27,30,33-53H2,1-3H3,(H,63,64)/b10-7-,11-8-,19-16-,20-17-,26-25-,31-28-,32-29-. The van der Waals surface area contributed by atoms with Gasteiger partial charge in [0, 0.05) is 19.3 Å². The maximum absolute atomic E-state index is 12.9. The Morgan fingerprint density at radius 3 is 1.16 bits per heavy atom. The lowest BCUT2D eigenvalue weighted by Gasteiger charge is -2.21. The van der Waals surface area contributed by atoms with Crippen molar-refractivity contribution in [3.05, 3.63) is 85.1 Å². The first-order valence-electron chi connectivity index (χ1n) is 27.5. The Bertz CT molecular complexity index is 1500. The lowest BCUT2D eigenvalue weighted by Crippen LogP contribution is -2.30. The minimum atomic E-state index is -4.76. The zero-order valence-electron chi connectivity index (χ0n) is 44.2. The summed E-state index contributed by atoms with van der Waals surface area (Å²) >= 11 is 0. The Hall–Kier alpha value is -3.34. The molecule has 0 saturated carbocycles. The van der Waals surface area contributed by atoms with E-state index in [9.17, 15) is 28.9 Å². The van der Waals surface area contributed by atoms with Gasteiger partial charge in [-0.3, -0.25) is 23.4 Å². The van der Waals surface area contributed by atoms with Gasteiger partial charge in [-0.1, -0.05) is 202 Å². The van der Waals surface area contributed by atoms with E-state index in [-0.39, 0.29) is 25.9 Å². The maximum atomic E-state index is 12.9. The molecule has 0 aromatic rings. The molecule has 402 valence electrons. The molecule has 0 aliphatic rings. The molecule has 0 radical (unpaired) electrons. The Labute approximate surface area is 426 Å². The minimum absolute atomic E-state index is 0.131. The van der Waals surface area contributed by atoms with Crippen molar-refractivity contribution in [2.45, 2.75) is 238 Å². The van der Waals surface area contributed by atoms with Crippen LogP contribution in [0.25, 0.3) is 0 Å². The number of unbranched alkanes of at least 4 members (excludes halogenated alkanes) is 19. The summed E-state index contributed by atoms with van der Waals surface area (Å²) in [4.78, 5) is 48.4. The molecular weight excluding hydrogens is 904 g/mol. The first-order chi connectivity index (χ1) is 34.2. The molecule has 0 amide bonds. The average molecular weight is 1000 g/mol. The highest BCUT2D eigenvalue weighted by atomic mass is 31.2. The molecule has 0 aromatic heterocycles. The molecule has 3 unspecified atom stereocenters. The van der Waals surface area contributed by atoms with Gasteiger partial charge in [0.15, 0.2) is 6.10 Å². The summed E-state index contributed by atoms with van der Waals surface area (Å²) in [5.74, 6) is -1.53. The predicted octanol–water partition coefficient (Wildman–Crippen LogP) is 15.9. The second-order valence-electron chi connectivity index (χ2n) is 18.0. The number of carbonyl (C=O) groups excluding carboxylic acids is 3. The van der Waals surface area contributed by atoms with E-state index in [1.165, 1.54) is 57.8 Å². The summed E-state index contributed by atoms with van der Waals surface area (Å²) < 4.78 is 39.4. The van der Waals surface area contributed by atoms with E-state index in [2.05, 4.69) is 106 Å². The van der Waals surface area contributed by atoms with Gasteiger partial charge >= 0.3 is 25.7 Å². The average Bonchev–Trinajstić information content (AvgIpc) is 3.35. The van der Waals surface area contributed by atoms with Crippen molar-refractivity contribution in [2.24, 2.45) is 0 Å². The van der Waals surface area contributed by atoms with E-state index < -0.39 is 57.8 Å². The summed E-state index contributed by atoms with van der Waals surface area (Å²) in [5, 5.41) is 9.79. The number of rotatable bonds is 50. The third-order valence-electron chi connectivity index (χ3n) is 11.3. The SMILES string of the molecule is CC/C=C\C/C=C\C/C=C\C/C=C\CCCCCCC(=O)OC(COC(=O)CCCCC/C=C\C/C=C\C/C=C\CC)COP(=O)(O)OCC(CO)OC(=O)CCCCCCCCCCCCCCC. The van der Waals surface area contributed by atoms with Crippen molar-refractivity contribution in [1.82, 2.24) is 0 Å². The first-order valence-corrected chi connectivity index (χ1v) is 29.0. The number of carbonyl (C=O) groups is 3. The zero-order chi connectivity index (χ0) is 51.3. The van der Waals surface area contributed by atoms with Crippen LogP contribution in [0.4, 0.5) is 0 Å². The molecule has 2 N–H and O–H groups in total. The van der Waals surface area contributed by atoms with Gasteiger partial charge in [0.25, 0.3) is 0 Å². The summed E-state index contributed by atoms with van der Waals surface area (Å²) in [5.41, 5.74) is 0. The Morgan fingerprint density at radius 2 is 0.743 bits per heavy atom. The largest absolute Gasteiger partial charge is 0.472 e. The zero-order valence-corrected chi connectivity index (χ0v) is 45.1. The molecule has 12 heteroatoms. The molecule has 0 aliphatic carbocycles. The number of ether oxygens (including phenoxy) is 3. The quantitative estimate of drug-likeness (QED) is 0.0197. The van der Waals surface area contributed by atoms with E-state index in [4.69, 9.17) is 23.3 Å². The first kappa shape index (κ1) is 66.7. The van der Waals surface area contributed by atoms with Gasteiger partial charge < -0.3 is 24.2 Å². The fourth-order valence-electron chi connectivity index (χ4n) is 7.18. The van der Waals surface area contributed by atoms with E-state index >= 15 is 0 Å². The Balaban J connectivity index is 4.81. The second-order valence-corrected chi connectivity index (χ2v) is 19.4. The molecule has 11 nitrogen and oxygen atoms in total. The number of aliphatic hydroxyl groups excluding tert-OH is 1. The van der Waals surface area contributed by atoms with Crippen molar-refractivity contribution in [2.75, 3.05) is 26.4 Å². The molecule has 0 aliphatic heterocycles. The van der Waals surface area contributed by atoms with Crippen LogP contribution in [0, 0.1) is 0 Å². The second kappa shape index (κ2) is 52.0. The number of allylic oxidation sites excluding steroid dienone is 14. The highest BCUT2D eigenvalue weighted by Gasteiger charge is 2.28. The van der Waals surface area contributed by atoms with Crippen LogP contribution in [-0.2, 0) is 42.2 Å². The number of phosphoric ester groups is 1. The highest BCUT2D eigenvalue weighted by Crippen LogP contribution is 2.43. The molecule has 70 heavy (non-hydrogen) atoms. The molecule has 0 aromatic carbocycles. The van der Waals surface area contributed by atoms with Gasteiger partial charge in [0.1, 0.15) is 12.7 Å². The van der Waals surface area contributed by atoms with Crippen LogP contribution in [0.2, 0.25) is 0 Å². The number of esters is 3. The van der Waals surface area contributed by atoms with Crippen LogP contribution < -0.4 is 0 Å². The lowest BCUT2D eigenvalue weighted by molar-refractivity contribution is -0.161. The third kappa shape index (κ3) is 49.6. The van der Waals surface area contributed by atoms with Gasteiger partial charge in [-0.15, -0.1) is 0 Å². The van der Waals surface area contributed by atoms with Crippen molar-refractivity contribution < 1.29 is 52.2 Å². The number of phosphoric acid groups is 1. The molecular formula is C58H99O11P. The molecule has 0 rings (SSSR count). The van der Waals surface area contributed by atoms with Crippen molar-refractivity contribution >= 4 is 25.7 Å². The summed E-state index contributed by atoms with van der Waals surface area (Å²) in [6.45, 7) is 4.35. The van der Waals surface area contributed by atoms with Crippen molar-refractivity contribution in [1.29, 1.82) is 0 Å². The van der Waals surface area contributed by atoms with Gasteiger partial charge in [-0.05, 0) is 89.9 Å². The topological polar surface area (TPSA) is 155 Å². The molecule has 0 bridgehead atoms. The molecule has 3 atom stereocenters. The van der Waals surface area contributed by atoms with Crippen LogP contribution in [-0.4, -0.2) is 66.5 Å². The van der Waals surface area contributed by atoms with Gasteiger partial charge in [0.05, 0.1) is 19.8 Å². The highest BCUT2D eigenvalue weighted by molar-refractivity contribution is 7.47. The fraction of sp³-hybridized carbons (Fsp3) is 0.707. The van der Waals surface area contributed by atoms with Gasteiger partial charge in [0.2, 0.25) is 0 Å². The summed E-state index contributed by atoms with van der Waals surface area (Å²) in [6.07, 6.45) is 58.3. The van der Waals surface area contributed by atoms with Gasteiger partial charge in [-0.2, -0.15) is 0 Å². The minimum Gasteiger partial charge on any atom is -0.462 e. The Kier molecular flexibility index (Phi) is 49.5. The molecule has 0 saturated heterocycles. The molecule has 0 spiro atoms. The van der Waals surface area contributed by atoms with Crippen LogP contribution in [0.1, 0.15) is 226 Å². The summed E-state index contributed by atoms with van der Waals surface area (Å²) in [7, 11) is -4.76. The smallest absolute Gasteiger partial charge is 0.462 e. The maximum Gasteiger partial charge on any atom is 0.472 e. The van der Waals surface area contributed by atoms with E-state index in [1.54, 1.807) is 0 Å². The fourth-order valence-corrected chi connectivity index (χ4v) is 7.97. The van der Waals surface area contributed by atoms with Crippen LogP contribution in [0.15, 0.2) is 85.1 Å². The van der Waals surface area contributed by atoms with Crippen LogP contribution >= 0.6 is 7.82 Å². The predicted molar refractivity (Wildman–Crippen MR) is 288 cm³/mol. The monoisotopic (exact) mass is 1000 g/mol. The number of hydrogen-bond donors (Lipinski definition) is 2. The molecule has 0 heterocycles. The van der Waals surface area contributed by atoms with Gasteiger partial charge in [-0.25, -0.2) is 4.57 Å². The normalized spacial score (nSPS) is 14.1. The lowest BCUT2D eigenvalue weighted by atomic mass is 10.0. The Morgan fingerprint density at radius 1 is 0.414 bits per heavy atom. The van der Waals surface area contributed by atoms with E-state index in [0.717, 1.165) is 109 Å². The van der Waals surface area contributed by atoms with Crippen LogP contribution in [0.5, 0.6) is 0 Å². The number of aliphatic hydroxyl groups is 1. The van der Waals surface area contributed by atoms with E-state index in [0.29, 0.717) is 19.3 Å². The van der Waals surface area contributed by atoms with Crippen LogP contribution in [0.3, 0.4) is 0 Å².